The molecule has 2 rings (SSSR count). The first-order valence-corrected chi connectivity index (χ1v) is 12.1. The van der Waals surface area contributed by atoms with Gasteiger partial charge in [0.25, 0.3) is 0 Å². The average Bonchev–Trinajstić information content (AvgIpc) is 3.27. The predicted molar refractivity (Wildman–Crippen MR) is 141 cm³/mol. The third-order valence-electron chi connectivity index (χ3n) is 5.78. The number of rotatable bonds is 15. The number of nitrogens with one attached hydrogen (secondary N) is 4. The third-order valence-corrected chi connectivity index (χ3v) is 5.78. The average molecular weight is 547 g/mol. The number of hydrogen-bond acceptors (Lipinski definition) is 7. The number of guanidine groups is 1. The number of H-pyrrole nitrogens is 1. The van der Waals surface area contributed by atoms with E-state index in [0.717, 1.165) is 10.9 Å². The molecule has 0 saturated heterocycles. The fourth-order valence-corrected chi connectivity index (χ4v) is 3.71. The Morgan fingerprint density at radius 1 is 0.974 bits per heavy atom. The zero-order chi connectivity index (χ0) is 29.1. The zero-order valence-corrected chi connectivity index (χ0v) is 21.3. The SMILES string of the molecule is CC(NC(=O)C(N)CCCN=C(N)N)C(=O)NC(Cc1c[nH]c2ccccc12)C(=O)NC(CC(=O)O)C(=O)O. The largest absolute Gasteiger partial charge is 0.481 e. The second kappa shape index (κ2) is 14.3. The normalized spacial score (nSPS) is 13.9. The number of aromatic amines is 1. The molecule has 15 heteroatoms. The minimum Gasteiger partial charge on any atom is -0.481 e. The van der Waals surface area contributed by atoms with Crippen LogP contribution < -0.4 is 33.2 Å². The lowest BCUT2D eigenvalue weighted by molar-refractivity contribution is -0.147. The number of nitrogens with zero attached hydrogens (tertiary/aromatic N) is 1. The number of aliphatic imine (C=N–C) groups is 1. The van der Waals surface area contributed by atoms with Crippen molar-refractivity contribution < 1.29 is 34.2 Å². The fourth-order valence-electron chi connectivity index (χ4n) is 3.71. The number of benzene rings is 1. The number of carboxylic acid groups (broad SMARTS) is 2. The Bertz CT molecular complexity index is 1220. The highest BCUT2D eigenvalue weighted by Gasteiger charge is 2.30. The Hall–Kier alpha value is -4.66. The summed E-state index contributed by atoms with van der Waals surface area (Å²) in [6.07, 6.45) is 1.42. The van der Waals surface area contributed by atoms with E-state index in [1.165, 1.54) is 6.92 Å². The number of carbonyl (C=O) groups excluding carboxylic acids is 3. The van der Waals surface area contributed by atoms with Crippen LogP contribution in [0.1, 0.15) is 31.7 Å². The van der Waals surface area contributed by atoms with Gasteiger partial charge in [-0.3, -0.25) is 24.2 Å². The lowest BCUT2D eigenvalue weighted by atomic mass is 10.0. The molecule has 1 heterocycles. The standard InChI is InChI=1S/C24H34N8O7/c1-12(30-21(36)15(25)6-4-8-28-24(26)27)20(35)31-17(22(37)32-18(23(38)39)10-19(33)34)9-13-11-29-16-7-3-2-5-14(13)16/h2-3,5,7,11-12,15,17-18,29H,4,6,8-10,25H2,1H3,(H,30,36)(H,31,35)(H,32,37)(H,33,34)(H,38,39)(H4,26,27,28). The minimum atomic E-state index is -1.72. The lowest BCUT2D eigenvalue weighted by Crippen LogP contribution is -2.57. The van der Waals surface area contributed by atoms with Crippen LogP contribution >= 0.6 is 0 Å². The second-order valence-electron chi connectivity index (χ2n) is 8.91. The van der Waals surface area contributed by atoms with Crippen molar-refractivity contribution in [3.63, 3.8) is 0 Å². The summed E-state index contributed by atoms with van der Waals surface area (Å²) in [5.41, 5.74) is 17.8. The van der Waals surface area contributed by atoms with Crippen molar-refractivity contribution in [1.29, 1.82) is 0 Å². The molecule has 3 amide bonds. The number of para-hydroxylation sites is 1. The summed E-state index contributed by atoms with van der Waals surface area (Å²) in [4.78, 5) is 67.8. The van der Waals surface area contributed by atoms with Gasteiger partial charge in [-0.1, -0.05) is 18.2 Å². The van der Waals surface area contributed by atoms with Crippen LogP contribution in [0.4, 0.5) is 0 Å². The molecule has 0 radical (unpaired) electrons. The Balaban J connectivity index is 2.13. The molecular formula is C24H34N8O7. The third kappa shape index (κ3) is 9.62. The number of nitrogens with two attached hydrogens (primary N) is 3. The Morgan fingerprint density at radius 3 is 2.28 bits per heavy atom. The molecule has 2 aromatic rings. The van der Waals surface area contributed by atoms with Gasteiger partial charge in [-0.2, -0.15) is 0 Å². The summed E-state index contributed by atoms with van der Waals surface area (Å²) in [5, 5.41) is 26.3. The molecule has 1 aromatic heterocycles. The molecule has 12 N–H and O–H groups in total. The second-order valence-corrected chi connectivity index (χ2v) is 8.91. The summed E-state index contributed by atoms with van der Waals surface area (Å²) in [5.74, 6) is -5.30. The molecule has 0 bridgehead atoms. The van der Waals surface area contributed by atoms with Crippen molar-refractivity contribution in [2.24, 2.45) is 22.2 Å². The summed E-state index contributed by atoms with van der Waals surface area (Å²) < 4.78 is 0. The molecule has 39 heavy (non-hydrogen) atoms. The molecule has 212 valence electrons. The minimum absolute atomic E-state index is 0.0496. The van der Waals surface area contributed by atoms with Crippen LogP contribution in [0.2, 0.25) is 0 Å². The monoisotopic (exact) mass is 546 g/mol. The van der Waals surface area contributed by atoms with Crippen LogP contribution in [0.5, 0.6) is 0 Å². The van der Waals surface area contributed by atoms with Crippen molar-refractivity contribution in [2.45, 2.75) is 56.8 Å². The molecule has 1 aromatic carbocycles. The molecule has 0 aliphatic carbocycles. The number of aliphatic carboxylic acids is 2. The van der Waals surface area contributed by atoms with Gasteiger partial charge in [0.05, 0.1) is 12.5 Å². The molecule has 0 aliphatic rings. The van der Waals surface area contributed by atoms with E-state index in [1.807, 2.05) is 12.1 Å². The lowest BCUT2D eigenvalue weighted by Gasteiger charge is -2.23. The van der Waals surface area contributed by atoms with Crippen LogP contribution in [0.3, 0.4) is 0 Å². The van der Waals surface area contributed by atoms with Crippen LogP contribution in [0, 0.1) is 0 Å². The molecule has 4 unspecified atom stereocenters. The van der Waals surface area contributed by atoms with Gasteiger partial charge in [0.2, 0.25) is 17.7 Å². The first-order valence-electron chi connectivity index (χ1n) is 12.1. The number of aromatic nitrogens is 1. The highest BCUT2D eigenvalue weighted by molar-refractivity contribution is 5.95. The highest BCUT2D eigenvalue weighted by atomic mass is 16.4. The summed E-state index contributed by atoms with van der Waals surface area (Å²) >= 11 is 0. The van der Waals surface area contributed by atoms with E-state index in [4.69, 9.17) is 22.3 Å². The van der Waals surface area contributed by atoms with Gasteiger partial charge in [-0.25, -0.2) is 4.79 Å². The van der Waals surface area contributed by atoms with E-state index in [-0.39, 0.29) is 25.3 Å². The molecule has 0 saturated carbocycles. The molecular weight excluding hydrogens is 512 g/mol. The smallest absolute Gasteiger partial charge is 0.326 e. The quantitative estimate of drug-likeness (QED) is 0.0681. The van der Waals surface area contributed by atoms with Gasteiger partial charge in [-0.05, 0) is 31.4 Å². The van der Waals surface area contributed by atoms with Gasteiger partial charge < -0.3 is 48.3 Å². The van der Waals surface area contributed by atoms with Gasteiger partial charge in [0, 0.05) is 30.1 Å². The fraction of sp³-hybridized carbons (Fsp3) is 0.417. The van der Waals surface area contributed by atoms with Gasteiger partial charge in [0.1, 0.15) is 18.1 Å². The summed E-state index contributed by atoms with van der Waals surface area (Å²) in [6.45, 7) is 1.67. The Kier molecular flexibility index (Phi) is 11.2. The van der Waals surface area contributed by atoms with Crippen LogP contribution in [-0.2, 0) is 30.4 Å². The van der Waals surface area contributed by atoms with Gasteiger partial charge >= 0.3 is 11.9 Å². The van der Waals surface area contributed by atoms with Gasteiger partial charge in [-0.15, -0.1) is 0 Å². The van der Waals surface area contributed by atoms with E-state index in [0.29, 0.717) is 12.0 Å². The maximum atomic E-state index is 13.1. The number of amides is 3. The van der Waals surface area contributed by atoms with Crippen LogP contribution in [0.25, 0.3) is 10.9 Å². The maximum Gasteiger partial charge on any atom is 0.326 e. The van der Waals surface area contributed by atoms with Crippen molar-refractivity contribution in [3.8, 4) is 0 Å². The van der Waals surface area contributed by atoms with E-state index in [2.05, 4.69) is 25.9 Å². The van der Waals surface area contributed by atoms with Crippen molar-refractivity contribution in [2.75, 3.05) is 6.54 Å². The van der Waals surface area contributed by atoms with Crippen molar-refractivity contribution in [3.05, 3.63) is 36.0 Å². The van der Waals surface area contributed by atoms with E-state index >= 15 is 0 Å². The summed E-state index contributed by atoms with van der Waals surface area (Å²) in [6, 6.07) is 2.18. The molecule has 4 atom stereocenters. The van der Waals surface area contributed by atoms with E-state index < -0.39 is 60.2 Å². The molecule has 0 aliphatic heterocycles. The Labute approximate surface area is 223 Å². The topological polar surface area (TPSA) is 268 Å². The first-order chi connectivity index (χ1) is 18.4. The summed E-state index contributed by atoms with van der Waals surface area (Å²) in [7, 11) is 0. The van der Waals surface area contributed by atoms with E-state index in [9.17, 15) is 29.1 Å². The molecule has 0 fully saturated rings. The number of hydrogen-bond donors (Lipinski definition) is 9. The van der Waals surface area contributed by atoms with Crippen LogP contribution in [-0.4, -0.2) is 81.5 Å². The molecule has 15 nitrogen and oxygen atoms in total. The van der Waals surface area contributed by atoms with Crippen molar-refractivity contribution >= 4 is 46.5 Å². The first kappa shape index (κ1) is 30.6. The Morgan fingerprint density at radius 2 is 1.64 bits per heavy atom. The predicted octanol–water partition coefficient (Wildman–Crippen LogP) is -1.88. The zero-order valence-electron chi connectivity index (χ0n) is 21.3. The highest BCUT2D eigenvalue weighted by Crippen LogP contribution is 2.19. The number of carbonyl (C=O) groups is 5. The van der Waals surface area contributed by atoms with Crippen LogP contribution in [0.15, 0.2) is 35.5 Å². The van der Waals surface area contributed by atoms with Crippen molar-refractivity contribution in [1.82, 2.24) is 20.9 Å². The maximum absolute atomic E-state index is 13.1. The van der Waals surface area contributed by atoms with E-state index in [1.54, 1.807) is 18.3 Å². The molecule has 0 spiro atoms. The number of fused-ring (bicyclic) bond motifs is 1. The van der Waals surface area contributed by atoms with Gasteiger partial charge in [0.15, 0.2) is 5.96 Å². The number of carboxylic acids is 2.